The Morgan fingerprint density at radius 3 is 2.38 bits per heavy atom. The van der Waals surface area contributed by atoms with Gasteiger partial charge in [0.25, 0.3) is 14.1 Å². The first-order valence-electron chi connectivity index (χ1n) is 18.4. The minimum Gasteiger partial charge on any atom is -0.414 e. The van der Waals surface area contributed by atoms with E-state index in [0.717, 1.165) is 0 Å². The summed E-state index contributed by atoms with van der Waals surface area (Å²) in [6.45, 7) is 25.9. The van der Waals surface area contributed by atoms with Gasteiger partial charge in [0.1, 0.15) is 12.3 Å². The van der Waals surface area contributed by atoms with Crippen molar-refractivity contribution in [1.82, 2.24) is 24.1 Å². The second-order valence-corrected chi connectivity index (χ2v) is 22.0. The largest absolute Gasteiger partial charge is 0.414 e. The van der Waals surface area contributed by atoms with Gasteiger partial charge in [0.2, 0.25) is 5.95 Å². The average Bonchev–Trinajstić information content (AvgIpc) is 3.63. The number of anilines is 1. The molecule has 2 aromatic heterocycles. The number of terminal acetylenes is 2. The number of aromatic nitrogens is 3. The van der Waals surface area contributed by atoms with Gasteiger partial charge in [-0.25, -0.2) is 4.67 Å². The molecule has 1 unspecified atom stereocenters. The molecule has 0 bridgehead atoms. The van der Waals surface area contributed by atoms with Crippen molar-refractivity contribution in [2.75, 3.05) is 44.7 Å². The highest BCUT2D eigenvalue weighted by Gasteiger charge is 2.44. The quantitative estimate of drug-likeness (QED) is 0.0734. The van der Waals surface area contributed by atoms with Crippen LogP contribution in [0.25, 0.3) is 11.0 Å². The van der Waals surface area contributed by atoms with Crippen LogP contribution < -0.4 is 10.9 Å². The van der Waals surface area contributed by atoms with Gasteiger partial charge in [0.15, 0.2) is 14.0 Å². The lowest BCUT2D eigenvalue weighted by atomic mass is 10.2. The predicted molar refractivity (Wildman–Crippen MR) is 216 cm³/mol. The summed E-state index contributed by atoms with van der Waals surface area (Å²) >= 11 is 0. The Kier molecular flexibility index (Phi) is 16.6. The van der Waals surface area contributed by atoms with Crippen LogP contribution in [-0.4, -0.2) is 96.1 Å². The van der Waals surface area contributed by atoms with E-state index >= 15 is 0 Å². The van der Waals surface area contributed by atoms with Crippen molar-refractivity contribution < 1.29 is 18.2 Å². The van der Waals surface area contributed by atoms with Crippen LogP contribution in [0.1, 0.15) is 86.9 Å². The zero-order chi connectivity index (χ0) is 39.5. The third-order valence-corrected chi connectivity index (χ3v) is 16.0. The lowest BCUT2D eigenvalue weighted by molar-refractivity contribution is -0.0383. The molecule has 14 heteroatoms. The number of hydrogen-bond donors (Lipinski definition) is 2. The van der Waals surface area contributed by atoms with E-state index in [2.05, 4.69) is 120 Å². The molecule has 0 aromatic carbocycles. The summed E-state index contributed by atoms with van der Waals surface area (Å²) in [7, 11) is -3.72. The fraction of sp³-hybridized carbons (Fsp3) is 0.667. The zero-order valence-electron chi connectivity index (χ0n) is 33.6. The van der Waals surface area contributed by atoms with Crippen molar-refractivity contribution in [3.05, 3.63) is 22.1 Å². The van der Waals surface area contributed by atoms with Crippen LogP contribution in [0.4, 0.5) is 5.95 Å². The summed E-state index contributed by atoms with van der Waals surface area (Å²) in [5.41, 5.74) is 0.651. The Balaban J connectivity index is 2.13. The van der Waals surface area contributed by atoms with Crippen LogP contribution in [0.3, 0.4) is 0 Å². The topological polar surface area (TPSA) is 130 Å². The van der Waals surface area contributed by atoms with Gasteiger partial charge in [-0.3, -0.25) is 14.7 Å². The van der Waals surface area contributed by atoms with Crippen molar-refractivity contribution >= 4 is 33.8 Å². The van der Waals surface area contributed by atoms with E-state index in [1.807, 2.05) is 15.7 Å². The first-order chi connectivity index (χ1) is 24.9. The maximum atomic E-state index is 13.7. The number of aromatic amines is 1. The number of hydrogen-bond acceptors (Lipinski definition) is 10. The van der Waals surface area contributed by atoms with Crippen LogP contribution in [-0.2, 0) is 18.2 Å². The van der Waals surface area contributed by atoms with E-state index in [1.165, 1.54) is 0 Å². The molecule has 3 heterocycles. The Morgan fingerprint density at radius 2 is 1.81 bits per heavy atom. The first kappa shape index (κ1) is 44.2. The second-order valence-electron chi connectivity index (χ2n) is 15.8. The van der Waals surface area contributed by atoms with E-state index < -0.39 is 35.3 Å². The van der Waals surface area contributed by atoms with Gasteiger partial charge in [0.05, 0.1) is 62.4 Å². The monoisotopic (exact) mass is 765 g/mol. The van der Waals surface area contributed by atoms with Crippen LogP contribution in [0.2, 0.25) is 18.1 Å². The number of H-pyrrole nitrogens is 1. The zero-order valence-corrected chi connectivity index (χ0v) is 35.5. The lowest BCUT2D eigenvalue weighted by Gasteiger charge is -2.39. The van der Waals surface area contributed by atoms with Crippen molar-refractivity contribution in [1.29, 1.82) is 5.26 Å². The molecule has 290 valence electrons. The molecule has 1 fully saturated rings. The van der Waals surface area contributed by atoms with Gasteiger partial charge in [-0.05, 0) is 51.7 Å². The molecule has 0 aliphatic carbocycles. The van der Waals surface area contributed by atoms with Crippen molar-refractivity contribution in [2.24, 2.45) is 5.92 Å². The molecule has 53 heavy (non-hydrogen) atoms. The Labute approximate surface area is 319 Å². The molecule has 0 amide bonds. The van der Waals surface area contributed by atoms with E-state index in [4.69, 9.17) is 36.0 Å². The number of nitrogens with one attached hydrogen (secondary N) is 2. The van der Waals surface area contributed by atoms with Crippen molar-refractivity contribution in [3.8, 4) is 42.6 Å². The number of fused-ring (bicyclic) bond motifs is 1. The fourth-order valence-corrected chi connectivity index (χ4v) is 8.35. The molecule has 4 atom stereocenters. The van der Waals surface area contributed by atoms with Crippen molar-refractivity contribution in [3.63, 3.8) is 0 Å². The number of ether oxygens (including phenoxy) is 1. The molecule has 1 saturated heterocycles. The summed E-state index contributed by atoms with van der Waals surface area (Å²) < 4.78 is 30.9. The third kappa shape index (κ3) is 12.1. The van der Waals surface area contributed by atoms with Gasteiger partial charge in [0, 0.05) is 31.2 Å². The molecule has 0 radical (unpaired) electrons. The number of nitrogens with zero attached hydrogens (tertiary/aromatic N) is 5. The molecule has 2 aromatic rings. The smallest absolute Gasteiger partial charge is 0.263 e. The molecule has 0 saturated carbocycles. The SMILES string of the molecule is C#CCN(CC#C)CC#Cc1cn([C@H]2C[C@H](OP(OCCC#N)N(C(C)C)C(C)C)[C@@H](CO[Si](C)(C)C(C)(C)C)O2)c2nc(NCC(C)C)[nH]c(=O)c12. The van der Waals surface area contributed by atoms with Gasteiger partial charge in [-0.2, -0.15) is 10.2 Å². The standard InChI is InChI=1S/C39H60N7O5PSi/c1-14-20-44(21-15-2)22-16-18-31-26-45(36-35(31)37(47)43-38(42-36)41-25-28(3)4)34-24-32(33(50-34)27-49-53(12,13)39(9,10)11)51-52(48-23-17-19-40)46(29(5)6)30(7)8/h1-2,26,28-30,32-34H,17,20-25,27H2,3-13H3,(H2,41,42,43,47)/t32-,33+,34+,52?/m0/s1. The lowest BCUT2D eigenvalue weighted by Crippen LogP contribution is -2.44. The van der Waals surface area contributed by atoms with Gasteiger partial charge >= 0.3 is 0 Å². The first-order valence-corrected chi connectivity index (χ1v) is 22.5. The van der Waals surface area contributed by atoms with Gasteiger partial charge in [-0.15, -0.1) is 12.8 Å². The Morgan fingerprint density at radius 1 is 1.15 bits per heavy atom. The van der Waals surface area contributed by atoms with E-state index in [9.17, 15) is 10.1 Å². The molecule has 3 rings (SSSR count). The molecule has 1 aliphatic heterocycles. The summed E-state index contributed by atoms with van der Waals surface area (Å²) in [5.74, 6) is 12.3. The van der Waals surface area contributed by atoms with Crippen LogP contribution in [0.15, 0.2) is 11.0 Å². The third-order valence-electron chi connectivity index (χ3n) is 9.31. The van der Waals surface area contributed by atoms with E-state index in [-0.39, 0.29) is 35.7 Å². The minimum atomic E-state index is -2.16. The second kappa shape index (κ2) is 19.9. The summed E-state index contributed by atoms with van der Waals surface area (Å²) in [6, 6.07) is 2.43. The van der Waals surface area contributed by atoms with Crippen LogP contribution >= 0.6 is 8.53 Å². The molecule has 1 aliphatic rings. The summed E-state index contributed by atoms with van der Waals surface area (Å²) in [5, 5.41) is 12.9. The maximum absolute atomic E-state index is 13.7. The highest BCUT2D eigenvalue weighted by molar-refractivity contribution is 7.44. The van der Waals surface area contributed by atoms with Crippen molar-refractivity contribution in [2.45, 2.75) is 124 Å². The highest BCUT2D eigenvalue weighted by Crippen LogP contribution is 2.50. The molecular formula is C39H60N7O5PSi. The summed E-state index contributed by atoms with van der Waals surface area (Å²) in [6.07, 6.45) is 12.2. The van der Waals surface area contributed by atoms with Gasteiger partial charge in [-0.1, -0.05) is 58.3 Å². The Bertz CT molecular complexity index is 1730. The van der Waals surface area contributed by atoms with Gasteiger partial charge < -0.3 is 28.1 Å². The highest BCUT2D eigenvalue weighted by atomic mass is 31.2. The molecule has 0 spiro atoms. The fourth-order valence-electron chi connectivity index (χ4n) is 5.58. The van der Waals surface area contributed by atoms with E-state index in [1.54, 1.807) is 0 Å². The minimum absolute atomic E-state index is 0.00891. The van der Waals surface area contributed by atoms with Crippen LogP contribution in [0.5, 0.6) is 0 Å². The molecule has 12 nitrogen and oxygen atoms in total. The number of rotatable bonds is 18. The maximum Gasteiger partial charge on any atom is 0.263 e. The molecule has 2 N–H and O–H groups in total. The van der Waals surface area contributed by atoms with Crippen LogP contribution in [0, 0.1) is 53.8 Å². The molecular weight excluding hydrogens is 706 g/mol. The normalized spacial score (nSPS) is 18.4. The average molecular weight is 766 g/mol. The number of nitriles is 1. The predicted octanol–water partition coefficient (Wildman–Crippen LogP) is 6.68. The summed E-state index contributed by atoms with van der Waals surface area (Å²) in [4.78, 5) is 23.4. The van der Waals surface area contributed by atoms with E-state index in [0.29, 0.717) is 67.7 Å². The Hall–Kier alpha value is -3.20.